The van der Waals surface area contributed by atoms with E-state index < -0.39 is 0 Å². The lowest BCUT2D eigenvalue weighted by atomic mass is 10.1. The lowest BCUT2D eigenvalue weighted by molar-refractivity contribution is 0.399. The molecule has 0 bridgehead atoms. The van der Waals surface area contributed by atoms with Gasteiger partial charge in [-0.3, -0.25) is 4.98 Å². The van der Waals surface area contributed by atoms with Crippen molar-refractivity contribution in [3.63, 3.8) is 0 Å². The summed E-state index contributed by atoms with van der Waals surface area (Å²) in [6.07, 6.45) is 5.70. The summed E-state index contributed by atoms with van der Waals surface area (Å²) in [4.78, 5) is 8.61. The van der Waals surface area contributed by atoms with E-state index in [1.165, 1.54) is 5.56 Å². The van der Waals surface area contributed by atoms with Crippen molar-refractivity contribution in [2.75, 3.05) is 13.4 Å². The fourth-order valence-corrected chi connectivity index (χ4v) is 2.09. The van der Waals surface area contributed by atoms with Gasteiger partial charge in [0.25, 0.3) is 0 Å². The Morgan fingerprint density at radius 1 is 1.24 bits per heavy atom. The first-order valence-electron chi connectivity index (χ1n) is 5.28. The molecule has 0 aliphatic rings. The van der Waals surface area contributed by atoms with E-state index in [-0.39, 0.29) is 0 Å². The van der Waals surface area contributed by atoms with Gasteiger partial charge < -0.3 is 4.74 Å². The normalized spacial score (nSPS) is 10.2. The summed E-state index contributed by atoms with van der Waals surface area (Å²) in [6, 6.07) is 7.94. The summed E-state index contributed by atoms with van der Waals surface area (Å²) in [5, 5.41) is 0. The van der Waals surface area contributed by atoms with Crippen LogP contribution in [0.25, 0.3) is 11.3 Å². The van der Waals surface area contributed by atoms with Crippen LogP contribution in [0, 0.1) is 0 Å². The summed E-state index contributed by atoms with van der Waals surface area (Å²) < 4.78 is 5.22. The first-order valence-corrected chi connectivity index (χ1v) is 6.68. The number of aromatic nitrogens is 2. The Kier molecular flexibility index (Phi) is 3.98. The monoisotopic (exact) mass is 246 g/mol. The van der Waals surface area contributed by atoms with Gasteiger partial charge in [0.15, 0.2) is 0 Å². The highest BCUT2D eigenvalue weighted by Gasteiger charge is 2.07. The van der Waals surface area contributed by atoms with Gasteiger partial charge in [0, 0.05) is 18.1 Å². The summed E-state index contributed by atoms with van der Waals surface area (Å²) >= 11 is 1.79. The van der Waals surface area contributed by atoms with Gasteiger partial charge in [-0.25, -0.2) is 4.98 Å². The number of hydrogen-bond donors (Lipinski definition) is 0. The molecule has 0 aromatic carbocycles. The van der Waals surface area contributed by atoms with Gasteiger partial charge in [-0.15, -0.1) is 0 Å². The molecule has 88 valence electrons. The first kappa shape index (κ1) is 11.9. The highest BCUT2D eigenvalue weighted by atomic mass is 32.2. The zero-order valence-corrected chi connectivity index (χ0v) is 10.7. The third-order valence-corrected chi connectivity index (χ3v) is 3.00. The van der Waals surface area contributed by atoms with Crippen molar-refractivity contribution in [1.29, 1.82) is 0 Å². The van der Waals surface area contributed by atoms with E-state index in [4.69, 9.17) is 4.74 Å². The van der Waals surface area contributed by atoms with Crippen molar-refractivity contribution < 1.29 is 4.74 Å². The lowest BCUT2D eigenvalue weighted by Gasteiger charge is -2.06. The zero-order chi connectivity index (χ0) is 12.1. The van der Waals surface area contributed by atoms with Crippen LogP contribution in [0.15, 0.2) is 36.7 Å². The summed E-state index contributed by atoms with van der Waals surface area (Å²) in [6.45, 7) is 0. The van der Waals surface area contributed by atoms with Gasteiger partial charge in [-0.05, 0) is 30.0 Å². The predicted octanol–water partition coefficient (Wildman–Crippen LogP) is 3.02. The van der Waals surface area contributed by atoms with Crippen molar-refractivity contribution in [3.8, 4) is 17.1 Å². The molecule has 0 aliphatic carbocycles. The van der Waals surface area contributed by atoms with Crippen molar-refractivity contribution in [2.24, 2.45) is 0 Å². The maximum absolute atomic E-state index is 5.22. The number of nitrogens with zero attached hydrogens (tertiary/aromatic N) is 2. The van der Waals surface area contributed by atoms with Crippen LogP contribution < -0.4 is 4.74 Å². The molecule has 0 aliphatic heterocycles. The molecule has 0 atom stereocenters. The molecule has 2 aromatic heterocycles. The minimum absolute atomic E-state index is 0.609. The second kappa shape index (κ2) is 5.68. The second-order valence-corrected chi connectivity index (χ2v) is 4.41. The number of methoxy groups -OCH3 is 1. The molecule has 2 heterocycles. The summed E-state index contributed by atoms with van der Waals surface area (Å²) in [5.41, 5.74) is 3.04. The van der Waals surface area contributed by atoms with Crippen molar-refractivity contribution in [2.45, 2.75) is 5.75 Å². The van der Waals surface area contributed by atoms with E-state index in [2.05, 4.69) is 22.3 Å². The Morgan fingerprint density at radius 2 is 2.12 bits per heavy atom. The Morgan fingerprint density at radius 3 is 2.76 bits per heavy atom. The number of thioether (sulfide) groups is 1. The van der Waals surface area contributed by atoms with Gasteiger partial charge in [-0.1, -0.05) is 6.07 Å². The number of rotatable bonds is 4. The van der Waals surface area contributed by atoms with E-state index in [1.54, 1.807) is 25.1 Å². The fourth-order valence-electron chi connectivity index (χ4n) is 1.58. The molecule has 0 unspecified atom stereocenters. The van der Waals surface area contributed by atoms with Gasteiger partial charge in [0.1, 0.15) is 0 Å². The quantitative estimate of drug-likeness (QED) is 0.830. The van der Waals surface area contributed by atoms with Crippen LogP contribution in [0.5, 0.6) is 5.88 Å². The minimum atomic E-state index is 0.609. The number of ether oxygens (including phenoxy) is 1. The van der Waals surface area contributed by atoms with E-state index in [0.717, 1.165) is 17.0 Å². The Bertz CT molecular complexity index is 485. The predicted molar refractivity (Wildman–Crippen MR) is 71.2 cm³/mol. The maximum Gasteiger partial charge on any atom is 0.222 e. The van der Waals surface area contributed by atoms with E-state index in [9.17, 15) is 0 Å². The first-order chi connectivity index (χ1) is 8.35. The summed E-state index contributed by atoms with van der Waals surface area (Å²) in [5.74, 6) is 1.59. The number of pyridine rings is 2. The molecule has 0 N–H and O–H groups in total. The molecule has 2 aromatic rings. The third-order valence-electron chi connectivity index (χ3n) is 2.38. The summed E-state index contributed by atoms with van der Waals surface area (Å²) in [7, 11) is 1.62. The zero-order valence-electron chi connectivity index (χ0n) is 9.88. The van der Waals surface area contributed by atoms with Gasteiger partial charge >= 0.3 is 0 Å². The van der Waals surface area contributed by atoms with Crippen molar-refractivity contribution >= 4 is 11.8 Å². The van der Waals surface area contributed by atoms with Crippen LogP contribution in [-0.4, -0.2) is 23.3 Å². The van der Waals surface area contributed by atoms with Gasteiger partial charge in [-0.2, -0.15) is 11.8 Å². The fraction of sp³-hybridized carbons (Fsp3) is 0.231. The Labute approximate surface area is 105 Å². The topological polar surface area (TPSA) is 35.0 Å². The largest absolute Gasteiger partial charge is 0.481 e. The average Bonchev–Trinajstić information content (AvgIpc) is 2.40. The second-order valence-electron chi connectivity index (χ2n) is 3.54. The molecule has 0 fully saturated rings. The van der Waals surface area contributed by atoms with Crippen molar-refractivity contribution in [1.82, 2.24) is 9.97 Å². The molecule has 0 amide bonds. The van der Waals surface area contributed by atoms with Crippen LogP contribution >= 0.6 is 11.8 Å². The van der Waals surface area contributed by atoms with Gasteiger partial charge in [0.2, 0.25) is 5.88 Å². The SMILES string of the molecule is COc1ncccc1-c1ccc(CSC)cn1. The van der Waals surface area contributed by atoms with Crippen LogP contribution in [0.2, 0.25) is 0 Å². The third kappa shape index (κ3) is 2.77. The lowest BCUT2D eigenvalue weighted by Crippen LogP contribution is -1.93. The molecule has 0 spiro atoms. The molecule has 2 rings (SSSR count). The highest BCUT2D eigenvalue weighted by molar-refractivity contribution is 7.97. The van der Waals surface area contributed by atoms with Crippen molar-refractivity contribution in [3.05, 3.63) is 42.2 Å². The van der Waals surface area contributed by atoms with Crippen LogP contribution in [0.3, 0.4) is 0 Å². The van der Waals surface area contributed by atoms with E-state index >= 15 is 0 Å². The van der Waals surface area contributed by atoms with Crippen LogP contribution in [0.1, 0.15) is 5.56 Å². The molecule has 0 saturated carbocycles. The maximum atomic E-state index is 5.22. The molecular formula is C13H14N2OS. The smallest absolute Gasteiger partial charge is 0.222 e. The molecule has 4 heteroatoms. The Hall–Kier alpha value is -1.55. The van der Waals surface area contributed by atoms with Gasteiger partial charge in [0.05, 0.1) is 18.4 Å². The van der Waals surface area contributed by atoms with E-state index in [1.807, 2.05) is 24.4 Å². The minimum Gasteiger partial charge on any atom is -0.481 e. The molecular weight excluding hydrogens is 232 g/mol. The standard InChI is InChI=1S/C13H14N2OS/c1-16-13-11(4-3-7-14-13)12-6-5-10(8-15-12)9-17-2/h3-8H,9H2,1-2H3. The average molecular weight is 246 g/mol. The highest BCUT2D eigenvalue weighted by Crippen LogP contribution is 2.25. The molecule has 0 saturated heterocycles. The Balaban J connectivity index is 2.33. The molecule has 0 radical (unpaired) electrons. The number of hydrogen-bond acceptors (Lipinski definition) is 4. The molecule has 3 nitrogen and oxygen atoms in total. The van der Waals surface area contributed by atoms with Crippen LogP contribution in [0.4, 0.5) is 0 Å². The van der Waals surface area contributed by atoms with Crippen LogP contribution in [-0.2, 0) is 5.75 Å². The van der Waals surface area contributed by atoms with E-state index in [0.29, 0.717) is 5.88 Å². The molecule has 17 heavy (non-hydrogen) atoms.